The molecule has 3 nitrogen and oxygen atoms in total. The summed E-state index contributed by atoms with van der Waals surface area (Å²) in [4.78, 5) is 16.7. The van der Waals surface area contributed by atoms with Gasteiger partial charge in [0.15, 0.2) is 0 Å². The van der Waals surface area contributed by atoms with Crippen LogP contribution in [-0.2, 0) is 11.2 Å². The lowest BCUT2D eigenvalue weighted by Gasteiger charge is -2.34. The summed E-state index contributed by atoms with van der Waals surface area (Å²) in [7, 11) is 0. The molecule has 1 saturated heterocycles. The zero-order valence-electron chi connectivity index (χ0n) is 12.7. The Labute approximate surface area is 125 Å². The van der Waals surface area contributed by atoms with Crippen LogP contribution in [0.1, 0.15) is 41.5 Å². The van der Waals surface area contributed by atoms with Crippen LogP contribution in [0.3, 0.4) is 0 Å². The molecule has 2 unspecified atom stereocenters. The van der Waals surface area contributed by atoms with E-state index >= 15 is 0 Å². The zero-order chi connectivity index (χ0) is 14.7. The minimum absolute atomic E-state index is 0.195. The van der Waals surface area contributed by atoms with Crippen molar-refractivity contribution >= 4 is 17.2 Å². The van der Waals surface area contributed by atoms with Gasteiger partial charge >= 0.3 is 0 Å². The minimum atomic E-state index is -0.352. The average molecular weight is 295 g/mol. The SMILES string of the molecule is Cc1cc(CCCC(=O)N2CCC(C)C(O)C2)c(C)s1. The summed E-state index contributed by atoms with van der Waals surface area (Å²) in [5, 5.41) is 9.85. The number of carbonyl (C=O) groups is 1. The Hall–Kier alpha value is -0.870. The number of hydrogen-bond acceptors (Lipinski definition) is 3. The standard InChI is InChI=1S/C16H25NO2S/c1-11-7-8-17(10-15(11)18)16(19)6-4-5-14-9-12(2)20-13(14)3/h9,11,15,18H,4-8,10H2,1-3H3. The highest BCUT2D eigenvalue weighted by Crippen LogP contribution is 2.23. The van der Waals surface area contributed by atoms with Crippen molar-refractivity contribution in [3.63, 3.8) is 0 Å². The van der Waals surface area contributed by atoms with Crippen molar-refractivity contribution < 1.29 is 9.90 Å². The van der Waals surface area contributed by atoms with Crippen LogP contribution in [-0.4, -0.2) is 35.1 Å². The molecule has 1 aromatic rings. The molecular formula is C16H25NO2S. The fourth-order valence-electron chi connectivity index (χ4n) is 2.80. The molecule has 20 heavy (non-hydrogen) atoms. The van der Waals surface area contributed by atoms with E-state index in [1.807, 2.05) is 23.2 Å². The highest BCUT2D eigenvalue weighted by atomic mass is 32.1. The quantitative estimate of drug-likeness (QED) is 0.928. The van der Waals surface area contributed by atoms with Gasteiger partial charge in [0.05, 0.1) is 6.10 Å². The molecule has 1 fully saturated rings. The lowest BCUT2D eigenvalue weighted by atomic mass is 9.95. The van der Waals surface area contributed by atoms with E-state index < -0.39 is 0 Å². The van der Waals surface area contributed by atoms with E-state index in [9.17, 15) is 9.90 Å². The Morgan fingerprint density at radius 2 is 2.25 bits per heavy atom. The van der Waals surface area contributed by atoms with E-state index in [-0.39, 0.29) is 12.0 Å². The van der Waals surface area contributed by atoms with Crippen LogP contribution in [0, 0.1) is 19.8 Å². The molecule has 0 aromatic carbocycles. The first-order valence-corrected chi connectivity index (χ1v) is 8.30. The first-order valence-electron chi connectivity index (χ1n) is 7.49. The average Bonchev–Trinajstić information content (AvgIpc) is 2.71. The molecule has 0 radical (unpaired) electrons. The van der Waals surface area contributed by atoms with Crippen LogP contribution < -0.4 is 0 Å². The van der Waals surface area contributed by atoms with E-state index in [1.54, 1.807) is 0 Å². The molecule has 112 valence electrons. The van der Waals surface area contributed by atoms with Crippen molar-refractivity contribution in [2.45, 2.75) is 52.6 Å². The Morgan fingerprint density at radius 1 is 1.50 bits per heavy atom. The molecule has 1 N–H and O–H groups in total. The number of nitrogens with zero attached hydrogens (tertiary/aromatic N) is 1. The number of rotatable bonds is 4. The van der Waals surface area contributed by atoms with Crippen LogP contribution in [0.2, 0.25) is 0 Å². The van der Waals surface area contributed by atoms with Crippen molar-refractivity contribution in [3.05, 3.63) is 21.4 Å². The minimum Gasteiger partial charge on any atom is -0.391 e. The smallest absolute Gasteiger partial charge is 0.222 e. The molecule has 1 aromatic heterocycles. The van der Waals surface area contributed by atoms with Gasteiger partial charge < -0.3 is 10.0 Å². The molecule has 1 aliphatic heterocycles. The molecule has 0 saturated carbocycles. The molecule has 0 bridgehead atoms. The number of likely N-dealkylation sites (tertiary alicyclic amines) is 1. The lowest BCUT2D eigenvalue weighted by Crippen LogP contribution is -2.45. The zero-order valence-corrected chi connectivity index (χ0v) is 13.5. The van der Waals surface area contributed by atoms with Crippen LogP contribution in [0.15, 0.2) is 6.07 Å². The van der Waals surface area contributed by atoms with Gasteiger partial charge in [-0.1, -0.05) is 6.92 Å². The van der Waals surface area contributed by atoms with Gasteiger partial charge in [0.1, 0.15) is 0 Å². The predicted octanol–water partition coefficient (Wildman–Crippen LogP) is 2.92. The number of aryl methyl sites for hydroxylation is 3. The number of amides is 1. The molecule has 2 atom stereocenters. The molecule has 2 rings (SSSR count). The van der Waals surface area contributed by atoms with Crippen LogP contribution in [0.4, 0.5) is 0 Å². The highest BCUT2D eigenvalue weighted by molar-refractivity contribution is 7.12. The molecule has 1 amide bonds. The molecule has 4 heteroatoms. The lowest BCUT2D eigenvalue weighted by molar-refractivity contribution is -0.135. The molecule has 2 heterocycles. The first-order chi connectivity index (χ1) is 9.47. The maximum absolute atomic E-state index is 12.1. The summed E-state index contributed by atoms with van der Waals surface area (Å²) < 4.78 is 0. The summed E-state index contributed by atoms with van der Waals surface area (Å²) in [5.41, 5.74) is 1.38. The van der Waals surface area contributed by atoms with Gasteiger partial charge in [-0.05, 0) is 50.7 Å². The third kappa shape index (κ3) is 3.83. The Morgan fingerprint density at radius 3 is 2.85 bits per heavy atom. The second kappa shape index (κ2) is 6.72. The second-order valence-electron chi connectivity index (χ2n) is 5.97. The highest BCUT2D eigenvalue weighted by Gasteiger charge is 2.26. The van der Waals surface area contributed by atoms with Crippen LogP contribution in [0.5, 0.6) is 0 Å². The number of piperidine rings is 1. The van der Waals surface area contributed by atoms with Crippen molar-refractivity contribution in [1.82, 2.24) is 4.90 Å². The van der Waals surface area contributed by atoms with E-state index in [1.165, 1.54) is 15.3 Å². The molecular weight excluding hydrogens is 270 g/mol. The Bertz CT molecular complexity index is 469. The summed E-state index contributed by atoms with van der Waals surface area (Å²) in [5.74, 6) is 0.510. The third-order valence-electron chi connectivity index (χ3n) is 4.25. The first kappa shape index (κ1) is 15.5. The largest absolute Gasteiger partial charge is 0.391 e. The van der Waals surface area contributed by atoms with Crippen LogP contribution >= 0.6 is 11.3 Å². The van der Waals surface area contributed by atoms with E-state index in [2.05, 4.69) is 19.9 Å². The predicted molar refractivity (Wildman–Crippen MR) is 83.1 cm³/mol. The Balaban J connectivity index is 1.77. The summed E-state index contributed by atoms with van der Waals surface area (Å²) in [6, 6.07) is 2.23. The topological polar surface area (TPSA) is 40.5 Å². The van der Waals surface area contributed by atoms with Gasteiger partial charge in [-0.3, -0.25) is 4.79 Å². The monoisotopic (exact) mass is 295 g/mol. The number of β-amino-alcohol motifs (C(OH)–C–C–N with tert-alkyl or cyclic N) is 1. The number of thiophene rings is 1. The van der Waals surface area contributed by atoms with E-state index in [4.69, 9.17) is 0 Å². The van der Waals surface area contributed by atoms with Gasteiger partial charge in [-0.25, -0.2) is 0 Å². The Kier molecular flexibility index (Phi) is 5.22. The van der Waals surface area contributed by atoms with Crippen molar-refractivity contribution in [3.8, 4) is 0 Å². The molecule has 0 aliphatic carbocycles. The maximum Gasteiger partial charge on any atom is 0.222 e. The normalized spacial score (nSPS) is 23.1. The van der Waals surface area contributed by atoms with Crippen molar-refractivity contribution in [1.29, 1.82) is 0 Å². The van der Waals surface area contributed by atoms with Gasteiger partial charge in [-0.2, -0.15) is 0 Å². The number of aliphatic hydroxyl groups is 1. The fourth-order valence-corrected chi connectivity index (χ4v) is 3.77. The fraction of sp³-hybridized carbons (Fsp3) is 0.688. The third-order valence-corrected chi connectivity index (χ3v) is 5.26. The van der Waals surface area contributed by atoms with Gasteiger partial charge in [-0.15, -0.1) is 11.3 Å². The number of aliphatic hydroxyl groups excluding tert-OH is 1. The van der Waals surface area contributed by atoms with Crippen molar-refractivity contribution in [2.24, 2.45) is 5.92 Å². The molecule has 1 aliphatic rings. The number of hydrogen-bond donors (Lipinski definition) is 1. The van der Waals surface area contributed by atoms with Gasteiger partial charge in [0.25, 0.3) is 0 Å². The maximum atomic E-state index is 12.1. The van der Waals surface area contributed by atoms with Crippen molar-refractivity contribution in [2.75, 3.05) is 13.1 Å². The summed E-state index contributed by atoms with van der Waals surface area (Å²) in [6.45, 7) is 7.64. The van der Waals surface area contributed by atoms with E-state index in [0.717, 1.165) is 25.8 Å². The molecule has 0 spiro atoms. The number of carbonyl (C=O) groups excluding carboxylic acids is 1. The van der Waals surface area contributed by atoms with Gasteiger partial charge in [0, 0.05) is 29.3 Å². The summed E-state index contributed by atoms with van der Waals surface area (Å²) in [6.07, 6.45) is 3.03. The summed E-state index contributed by atoms with van der Waals surface area (Å²) >= 11 is 1.83. The van der Waals surface area contributed by atoms with Crippen LogP contribution in [0.25, 0.3) is 0 Å². The second-order valence-corrected chi connectivity index (χ2v) is 7.43. The van der Waals surface area contributed by atoms with E-state index in [0.29, 0.717) is 18.9 Å². The van der Waals surface area contributed by atoms with Gasteiger partial charge in [0.2, 0.25) is 5.91 Å².